The van der Waals surface area contributed by atoms with Gasteiger partial charge in [-0.15, -0.1) is 0 Å². The number of hydrogen-bond donors (Lipinski definition) is 2. The van der Waals surface area contributed by atoms with E-state index in [0.29, 0.717) is 37.2 Å². The molecule has 6 rings (SSSR count). The van der Waals surface area contributed by atoms with Crippen LogP contribution in [0.15, 0.2) is 60.8 Å². The number of likely N-dealkylation sites (tertiary alicyclic amines) is 1. The number of H-pyrrole nitrogens is 1. The van der Waals surface area contributed by atoms with Gasteiger partial charge in [-0.2, -0.15) is 5.26 Å². The summed E-state index contributed by atoms with van der Waals surface area (Å²) in [4.78, 5) is 23.9. The smallest absolute Gasteiger partial charge is 0.248 e. The molecule has 0 saturated carbocycles. The lowest BCUT2D eigenvalue weighted by Crippen LogP contribution is -2.42. The van der Waals surface area contributed by atoms with E-state index in [9.17, 15) is 10.1 Å². The first-order chi connectivity index (χ1) is 19.6. The van der Waals surface area contributed by atoms with Crippen molar-refractivity contribution in [2.45, 2.75) is 18.9 Å². The number of aromatic amines is 1. The fourth-order valence-electron chi connectivity index (χ4n) is 5.48. The number of fused-ring (bicyclic) bond motifs is 1. The summed E-state index contributed by atoms with van der Waals surface area (Å²) in [7, 11) is 0. The molecule has 204 valence electrons. The van der Waals surface area contributed by atoms with E-state index in [4.69, 9.17) is 14.6 Å². The number of nitrogens with zero attached hydrogens (tertiary/aromatic N) is 4. The third kappa shape index (κ3) is 5.24. The van der Waals surface area contributed by atoms with Gasteiger partial charge in [-0.3, -0.25) is 9.78 Å². The lowest BCUT2D eigenvalue weighted by atomic mass is 10.0. The van der Waals surface area contributed by atoms with E-state index in [2.05, 4.69) is 51.3 Å². The number of anilines is 1. The van der Waals surface area contributed by atoms with E-state index >= 15 is 0 Å². The number of aromatic nitrogens is 2. The Balaban J connectivity index is 1.22. The largest absolute Gasteiger partial charge is 0.489 e. The van der Waals surface area contributed by atoms with Gasteiger partial charge in [0.2, 0.25) is 5.91 Å². The Morgan fingerprint density at radius 2 is 1.80 bits per heavy atom. The van der Waals surface area contributed by atoms with Gasteiger partial charge in [0.15, 0.2) is 0 Å². The zero-order chi connectivity index (χ0) is 27.5. The van der Waals surface area contributed by atoms with Crippen molar-refractivity contribution in [2.24, 2.45) is 0 Å². The number of ether oxygens (including phenoxy) is 2. The van der Waals surface area contributed by atoms with Crippen molar-refractivity contribution < 1.29 is 19.4 Å². The second kappa shape index (κ2) is 11.4. The average Bonchev–Trinajstić information content (AvgIpc) is 3.46. The molecule has 0 atom stereocenters. The number of piperidine rings is 1. The summed E-state index contributed by atoms with van der Waals surface area (Å²) in [6, 6.07) is 20.5. The zero-order valence-electron chi connectivity index (χ0n) is 22.2. The zero-order valence-corrected chi connectivity index (χ0v) is 22.2. The predicted molar refractivity (Wildman–Crippen MR) is 152 cm³/mol. The number of pyridine rings is 1. The van der Waals surface area contributed by atoms with Crippen molar-refractivity contribution in [3.05, 3.63) is 66.4 Å². The number of rotatable bonds is 6. The van der Waals surface area contributed by atoms with E-state index in [-0.39, 0.29) is 12.0 Å². The minimum atomic E-state index is -0.476. The molecule has 0 aliphatic carbocycles. The molecule has 2 aliphatic rings. The Morgan fingerprint density at radius 3 is 2.52 bits per heavy atom. The van der Waals surface area contributed by atoms with Crippen LogP contribution in [0.25, 0.3) is 33.4 Å². The molecule has 2 aromatic heterocycles. The first kappa shape index (κ1) is 25.9. The molecule has 2 saturated heterocycles. The lowest BCUT2D eigenvalue weighted by Gasteiger charge is -2.32. The van der Waals surface area contributed by atoms with Gasteiger partial charge in [0.25, 0.3) is 0 Å². The molecular formula is C31H31N5O4. The number of benzene rings is 2. The molecular weight excluding hydrogens is 506 g/mol. The molecule has 2 N–H and O–H groups in total. The van der Waals surface area contributed by atoms with E-state index in [1.54, 1.807) is 11.1 Å². The fourth-order valence-corrected chi connectivity index (χ4v) is 5.48. The number of nitrogens with one attached hydrogen (secondary N) is 1. The summed E-state index contributed by atoms with van der Waals surface area (Å²) in [5, 5.41) is 20.0. The minimum Gasteiger partial charge on any atom is -0.489 e. The fraction of sp³-hybridized carbons (Fsp3) is 0.323. The molecule has 2 fully saturated rings. The number of carbonyl (C=O) groups is 1. The molecule has 40 heavy (non-hydrogen) atoms. The van der Waals surface area contributed by atoms with Crippen LogP contribution in [0.5, 0.6) is 5.75 Å². The van der Waals surface area contributed by atoms with Crippen LogP contribution in [0.4, 0.5) is 5.69 Å². The first-order valence-corrected chi connectivity index (χ1v) is 13.6. The number of amides is 1. The number of aliphatic hydroxyl groups excluding tert-OH is 1. The number of hydrogen-bond acceptors (Lipinski definition) is 7. The Hall–Kier alpha value is -4.39. The molecule has 0 spiro atoms. The van der Waals surface area contributed by atoms with Crippen molar-refractivity contribution in [1.29, 1.82) is 5.26 Å². The molecule has 4 aromatic rings. The third-order valence-corrected chi connectivity index (χ3v) is 7.70. The van der Waals surface area contributed by atoms with E-state index in [0.717, 1.165) is 59.7 Å². The van der Waals surface area contributed by atoms with Crippen LogP contribution in [0, 0.1) is 11.3 Å². The van der Waals surface area contributed by atoms with E-state index in [1.165, 1.54) is 5.69 Å². The van der Waals surface area contributed by atoms with Crippen LogP contribution in [-0.2, 0) is 9.53 Å². The topological polar surface area (TPSA) is 115 Å². The highest BCUT2D eigenvalue weighted by molar-refractivity contribution is 5.96. The summed E-state index contributed by atoms with van der Waals surface area (Å²) in [5.74, 6) is 0.264. The highest BCUT2D eigenvalue weighted by atomic mass is 16.5. The van der Waals surface area contributed by atoms with Gasteiger partial charge >= 0.3 is 0 Å². The van der Waals surface area contributed by atoms with Crippen LogP contribution >= 0.6 is 0 Å². The van der Waals surface area contributed by atoms with Crippen LogP contribution in [0.3, 0.4) is 0 Å². The first-order valence-electron chi connectivity index (χ1n) is 13.6. The normalized spacial score (nSPS) is 16.2. The van der Waals surface area contributed by atoms with Gasteiger partial charge in [0, 0.05) is 73.1 Å². The van der Waals surface area contributed by atoms with Gasteiger partial charge in [0.1, 0.15) is 24.5 Å². The molecule has 1 amide bonds. The summed E-state index contributed by atoms with van der Waals surface area (Å²) in [6.45, 7) is 3.90. The van der Waals surface area contributed by atoms with Gasteiger partial charge in [-0.25, -0.2) is 0 Å². The number of nitriles is 1. The number of morpholine rings is 1. The van der Waals surface area contributed by atoms with Crippen LogP contribution in [0.1, 0.15) is 18.4 Å². The SMILES string of the molecule is N#Cc1cc(-c2nccc3[nH]c(-c4ccc(N5CCOCC5)cc4)cc23)ccc1OC1CCN(C(=O)CO)CC1. The summed E-state index contributed by atoms with van der Waals surface area (Å²) < 4.78 is 11.6. The van der Waals surface area contributed by atoms with Crippen molar-refractivity contribution in [3.8, 4) is 34.3 Å². The highest BCUT2D eigenvalue weighted by Crippen LogP contribution is 2.34. The maximum atomic E-state index is 11.7. The quantitative estimate of drug-likeness (QED) is 0.383. The molecule has 0 bridgehead atoms. The lowest BCUT2D eigenvalue weighted by molar-refractivity contribution is -0.135. The summed E-state index contributed by atoms with van der Waals surface area (Å²) in [6.07, 6.45) is 2.98. The monoisotopic (exact) mass is 537 g/mol. The second-order valence-electron chi connectivity index (χ2n) is 10.1. The summed E-state index contributed by atoms with van der Waals surface area (Å²) >= 11 is 0. The second-order valence-corrected chi connectivity index (χ2v) is 10.1. The van der Waals surface area contributed by atoms with Crippen molar-refractivity contribution in [3.63, 3.8) is 0 Å². The maximum absolute atomic E-state index is 11.7. The molecule has 0 unspecified atom stereocenters. The molecule has 2 aromatic carbocycles. The predicted octanol–water partition coefficient (Wildman–Crippen LogP) is 3.97. The Labute approximate surface area is 232 Å². The van der Waals surface area contributed by atoms with E-state index < -0.39 is 6.61 Å². The van der Waals surface area contributed by atoms with Gasteiger partial charge in [-0.1, -0.05) is 12.1 Å². The highest BCUT2D eigenvalue weighted by Gasteiger charge is 2.24. The van der Waals surface area contributed by atoms with Crippen LogP contribution in [0.2, 0.25) is 0 Å². The Bertz CT molecular complexity index is 1540. The Kier molecular flexibility index (Phi) is 7.36. The van der Waals surface area contributed by atoms with Crippen molar-refractivity contribution in [1.82, 2.24) is 14.9 Å². The third-order valence-electron chi connectivity index (χ3n) is 7.70. The van der Waals surface area contributed by atoms with Crippen LogP contribution < -0.4 is 9.64 Å². The Morgan fingerprint density at radius 1 is 1.05 bits per heavy atom. The standard InChI is InChI=1S/C31H31N5O4/c32-19-23-17-22(3-6-29(23)40-25-8-11-36(12-9-25)30(38)20-37)31-26-18-28(34-27(26)7-10-33-31)21-1-4-24(5-2-21)35-13-15-39-16-14-35/h1-7,10,17-18,25,34,37H,8-9,11-16,20H2. The minimum absolute atomic E-state index is 0.0934. The number of aliphatic hydroxyl groups is 1. The molecule has 4 heterocycles. The molecule has 9 heteroatoms. The molecule has 0 radical (unpaired) electrons. The van der Waals surface area contributed by atoms with Gasteiger partial charge in [-0.05, 0) is 48.0 Å². The molecule has 9 nitrogen and oxygen atoms in total. The molecule has 2 aliphatic heterocycles. The average molecular weight is 538 g/mol. The van der Waals surface area contributed by atoms with Crippen molar-refractivity contribution >= 4 is 22.5 Å². The van der Waals surface area contributed by atoms with E-state index in [1.807, 2.05) is 24.3 Å². The summed E-state index contributed by atoms with van der Waals surface area (Å²) in [5.41, 5.74) is 6.34. The van der Waals surface area contributed by atoms with Gasteiger partial charge in [0.05, 0.1) is 24.5 Å². The van der Waals surface area contributed by atoms with Gasteiger partial charge < -0.3 is 29.4 Å². The van der Waals surface area contributed by atoms with Crippen LogP contribution in [-0.4, -0.2) is 78.0 Å². The number of carbonyl (C=O) groups excluding carboxylic acids is 1. The maximum Gasteiger partial charge on any atom is 0.248 e. The van der Waals surface area contributed by atoms with Crippen molar-refractivity contribution in [2.75, 3.05) is 50.9 Å².